The van der Waals surface area contributed by atoms with E-state index in [-0.39, 0.29) is 6.04 Å². The van der Waals surface area contributed by atoms with Crippen molar-refractivity contribution in [1.82, 2.24) is 4.90 Å². The Labute approximate surface area is 184 Å². The maximum atomic E-state index is 12.7. The number of methoxy groups -OCH3 is 2. The number of halogens is 1. The van der Waals surface area contributed by atoms with Crippen LogP contribution in [0, 0.1) is 0 Å². The average Bonchev–Trinajstić information content (AvgIpc) is 3.59. The Balaban J connectivity index is 2.16. The van der Waals surface area contributed by atoms with Gasteiger partial charge in [-0.1, -0.05) is 0 Å². The molecule has 0 unspecified atom stereocenters. The predicted molar refractivity (Wildman–Crippen MR) is 114 cm³/mol. The van der Waals surface area contributed by atoms with Gasteiger partial charge in [0, 0.05) is 18.4 Å². The van der Waals surface area contributed by atoms with Crippen molar-refractivity contribution in [3.8, 4) is 11.5 Å². The number of esters is 2. The number of hydrogen-bond acceptors (Lipinski definition) is 7. The van der Waals surface area contributed by atoms with E-state index in [1.54, 1.807) is 18.5 Å². The Morgan fingerprint density at radius 3 is 2.03 bits per heavy atom. The molecule has 1 heterocycles. The molecule has 0 N–H and O–H groups in total. The monoisotopic (exact) mass is 479 g/mol. The molecule has 0 saturated heterocycles. The van der Waals surface area contributed by atoms with Crippen molar-refractivity contribution in [3.63, 3.8) is 0 Å². The molecule has 30 heavy (non-hydrogen) atoms. The fourth-order valence-corrected chi connectivity index (χ4v) is 4.07. The zero-order valence-corrected chi connectivity index (χ0v) is 19.2. The van der Waals surface area contributed by atoms with Gasteiger partial charge in [0.05, 0.1) is 49.0 Å². The lowest BCUT2D eigenvalue weighted by atomic mass is 9.83. The summed E-state index contributed by atoms with van der Waals surface area (Å²) in [5.74, 6) is -0.551. The predicted octanol–water partition coefficient (Wildman–Crippen LogP) is 3.92. The zero-order valence-electron chi connectivity index (χ0n) is 17.6. The third kappa shape index (κ3) is 4.48. The van der Waals surface area contributed by atoms with E-state index in [4.69, 9.17) is 18.9 Å². The number of benzene rings is 1. The summed E-state index contributed by atoms with van der Waals surface area (Å²) in [4.78, 5) is 27.3. The normalized spacial score (nSPS) is 16.5. The van der Waals surface area contributed by atoms with Crippen LogP contribution < -0.4 is 9.47 Å². The number of ether oxygens (including phenoxy) is 4. The Kier molecular flexibility index (Phi) is 7.07. The number of carbonyl (C=O) groups excluding carboxylic acids is 2. The first-order valence-electron chi connectivity index (χ1n) is 9.91. The van der Waals surface area contributed by atoms with E-state index < -0.39 is 17.9 Å². The summed E-state index contributed by atoms with van der Waals surface area (Å²) >= 11 is 3.54. The highest BCUT2D eigenvalue weighted by Crippen LogP contribution is 2.45. The molecule has 162 valence electrons. The lowest BCUT2D eigenvalue weighted by Gasteiger charge is -2.30. The summed E-state index contributed by atoms with van der Waals surface area (Å²) in [6, 6.07) is 3.90. The summed E-state index contributed by atoms with van der Waals surface area (Å²) in [5.41, 5.74) is 1.43. The fraction of sp³-hybridized carbons (Fsp3) is 0.455. The quantitative estimate of drug-likeness (QED) is 0.523. The van der Waals surface area contributed by atoms with Crippen LogP contribution in [0.1, 0.15) is 38.2 Å². The van der Waals surface area contributed by atoms with Crippen molar-refractivity contribution < 1.29 is 28.5 Å². The minimum absolute atomic E-state index is 0.274. The molecule has 0 amide bonds. The lowest BCUT2D eigenvalue weighted by Crippen LogP contribution is -2.29. The smallest absolute Gasteiger partial charge is 0.336 e. The highest BCUT2D eigenvalue weighted by Gasteiger charge is 2.39. The molecule has 1 aromatic carbocycles. The maximum Gasteiger partial charge on any atom is 0.336 e. The molecule has 0 aromatic heterocycles. The number of hydrogen-bond donors (Lipinski definition) is 0. The molecule has 1 aliphatic carbocycles. The number of nitrogens with zero attached hydrogens (tertiary/aromatic N) is 1. The van der Waals surface area contributed by atoms with E-state index in [2.05, 4.69) is 15.9 Å². The molecule has 8 heteroatoms. The molecule has 2 aliphatic rings. The van der Waals surface area contributed by atoms with E-state index in [0.717, 1.165) is 12.8 Å². The van der Waals surface area contributed by atoms with Gasteiger partial charge in [0.2, 0.25) is 0 Å². The van der Waals surface area contributed by atoms with Gasteiger partial charge in [-0.3, -0.25) is 0 Å². The molecular weight excluding hydrogens is 454 g/mol. The molecular formula is C22H26BrNO6. The Hall–Kier alpha value is -2.48. The van der Waals surface area contributed by atoms with Crippen LogP contribution in [0.15, 0.2) is 40.2 Å². The number of carbonyl (C=O) groups is 2. The molecule has 0 radical (unpaired) electrons. The summed E-state index contributed by atoms with van der Waals surface area (Å²) in [6.07, 6.45) is 5.55. The SMILES string of the molecule is CCOc1cc(C2C(C(=O)OC)=CN(C3CC3)C=C2C(=O)OC)cc(Br)c1OCC. The van der Waals surface area contributed by atoms with Gasteiger partial charge in [0.25, 0.3) is 0 Å². The maximum absolute atomic E-state index is 12.7. The van der Waals surface area contributed by atoms with Crippen LogP contribution in [0.4, 0.5) is 0 Å². The van der Waals surface area contributed by atoms with Gasteiger partial charge in [-0.05, 0) is 60.3 Å². The second kappa shape index (κ2) is 9.55. The van der Waals surface area contributed by atoms with Crippen LogP contribution in [0.2, 0.25) is 0 Å². The lowest BCUT2D eigenvalue weighted by molar-refractivity contribution is -0.137. The van der Waals surface area contributed by atoms with E-state index in [9.17, 15) is 9.59 Å². The van der Waals surface area contributed by atoms with E-state index in [0.29, 0.717) is 45.9 Å². The van der Waals surface area contributed by atoms with Crippen LogP contribution in [0.5, 0.6) is 11.5 Å². The first-order chi connectivity index (χ1) is 14.4. The minimum atomic E-state index is -0.661. The van der Waals surface area contributed by atoms with Gasteiger partial charge in [-0.2, -0.15) is 0 Å². The molecule has 1 saturated carbocycles. The molecule has 0 spiro atoms. The second-order valence-electron chi connectivity index (χ2n) is 6.96. The molecule has 0 atom stereocenters. The third-order valence-electron chi connectivity index (χ3n) is 4.96. The zero-order chi connectivity index (χ0) is 21.8. The van der Waals surface area contributed by atoms with Crippen molar-refractivity contribution >= 4 is 27.9 Å². The van der Waals surface area contributed by atoms with E-state index in [1.165, 1.54) is 14.2 Å². The van der Waals surface area contributed by atoms with Crippen molar-refractivity contribution in [1.29, 1.82) is 0 Å². The van der Waals surface area contributed by atoms with Crippen molar-refractivity contribution in [2.45, 2.75) is 38.6 Å². The summed E-state index contributed by atoms with van der Waals surface area (Å²) in [6.45, 7) is 4.68. The third-order valence-corrected chi connectivity index (χ3v) is 5.55. The van der Waals surface area contributed by atoms with Crippen molar-refractivity contribution in [3.05, 3.63) is 45.7 Å². The van der Waals surface area contributed by atoms with E-state index >= 15 is 0 Å². The highest BCUT2D eigenvalue weighted by molar-refractivity contribution is 9.10. The van der Waals surface area contributed by atoms with Crippen molar-refractivity contribution in [2.24, 2.45) is 0 Å². The molecule has 7 nitrogen and oxygen atoms in total. The summed E-state index contributed by atoms with van der Waals surface area (Å²) in [5, 5.41) is 0. The van der Waals surface area contributed by atoms with Crippen LogP contribution in [0.25, 0.3) is 0 Å². The second-order valence-corrected chi connectivity index (χ2v) is 7.81. The Morgan fingerprint density at radius 2 is 1.57 bits per heavy atom. The first-order valence-corrected chi connectivity index (χ1v) is 10.7. The summed E-state index contributed by atoms with van der Waals surface area (Å²) < 4.78 is 22.2. The van der Waals surface area contributed by atoms with Crippen LogP contribution in [0.3, 0.4) is 0 Å². The first kappa shape index (κ1) is 22.2. The van der Waals surface area contributed by atoms with Gasteiger partial charge in [-0.25, -0.2) is 9.59 Å². The number of rotatable bonds is 8. The average molecular weight is 480 g/mol. The fourth-order valence-electron chi connectivity index (χ4n) is 3.50. The van der Waals surface area contributed by atoms with Crippen LogP contribution >= 0.6 is 15.9 Å². The Bertz CT molecular complexity index is 856. The molecule has 1 aliphatic heterocycles. The van der Waals surface area contributed by atoms with Crippen LogP contribution in [-0.2, 0) is 19.1 Å². The molecule has 1 aromatic rings. The van der Waals surface area contributed by atoms with Gasteiger partial charge < -0.3 is 23.8 Å². The largest absolute Gasteiger partial charge is 0.490 e. The highest BCUT2D eigenvalue weighted by atomic mass is 79.9. The van der Waals surface area contributed by atoms with Gasteiger partial charge in [0.1, 0.15) is 0 Å². The van der Waals surface area contributed by atoms with Gasteiger partial charge in [0.15, 0.2) is 11.5 Å². The van der Waals surface area contributed by atoms with Gasteiger partial charge >= 0.3 is 11.9 Å². The van der Waals surface area contributed by atoms with Crippen molar-refractivity contribution in [2.75, 3.05) is 27.4 Å². The summed E-state index contributed by atoms with van der Waals surface area (Å²) in [7, 11) is 2.66. The topological polar surface area (TPSA) is 74.3 Å². The van der Waals surface area contributed by atoms with Crippen LogP contribution in [-0.4, -0.2) is 50.3 Å². The van der Waals surface area contributed by atoms with E-state index in [1.807, 2.05) is 24.8 Å². The Morgan fingerprint density at radius 1 is 1.00 bits per heavy atom. The minimum Gasteiger partial charge on any atom is -0.490 e. The standard InChI is InChI=1S/C22H26BrNO6/c1-5-29-18-10-13(9-17(23)20(18)30-6-2)19-15(21(25)27-3)11-24(14-7-8-14)12-16(19)22(26)28-4/h9-12,14,19H,5-8H2,1-4H3. The molecule has 0 bridgehead atoms. The molecule has 3 rings (SSSR count). The van der Waals surface area contributed by atoms with Gasteiger partial charge in [-0.15, -0.1) is 0 Å². The molecule has 1 fully saturated rings.